The SMILES string of the molecule is CCC(N)c1ccc(Sc2ncc(C)cn2)cn1. The maximum absolute atomic E-state index is 5.92. The molecule has 2 aromatic heterocycles. The molecular formula is C13H16N4S. The number of rotatable bonds is 4. The van der Waals surface area contributed by atoms with Crippen LogP contribution in [0.1, 0.15) is 30.6 Å². The molecule has 0 aliphatic heterocycles. The van der Waals surface area contributed by atoms with E-state index in [1.165, 1.54) is 11.8 Å². The monoisotopic (exact) mass is 260 g/mol. The predicted octanol–water partition coefficient (Wildman–Crippen LogP) is 2.74. The Hall–Kier alpha value is -1.46. The first-order chi connectivity index (χ1) is 8.69. The van der Waals surface area contributed by atoms with E-state index in [1.807, 2.05) is 37.6 Å². The predicted molar refractivity (Wildman–Crippen MR) is 72.3 cm³/mol. The van der Waals surface area contributed by atoms with E-state index >= 15 is 0 Å². The zero-order valence-corrected chi connectivity index (χ0v) is 11.3. The van der Waals surface area contributed by atoms with Crippen LogP contribution in [-0.2, 0) is 0 Å². The second-order valence-electron chi connectivity index (χ2n) is 4.08. The van der Waals surface area contributed by atoms with Gasteiger partial charge in [-0.25, -0.2) is 9.97 Å². The van der Waals surface area contributed by atoms with Crippen LogP contribution in [0.4, 0.5) is 0 Å². The van der Waals surface area contributed by atoms with Gasteiger partial charge in [0.05, 0.1) is 5.69 Å². The second kappa shape index (κ2) is 5.93. The molecule has 1 atom stereocenters. The van der Waals surface area contributed by atoms with Crippen molar-refractivity contribution in [3.05, 3.63) is 42.0 Å². The summed E-state index contributed by atoms with van der Waals surface area (Å²) < 4.78 is 0. The Morgan fingerprint density at radius 1 is 1.17 bits per heavy atom. The first-order valence-electron chi connectivity index (χ1n) is 5.87. The lowest BCUT2D eigenvalue weighted by Gasteiger charge is -2.08. The largest absolute Gasteiger partial charge is 0.323 e. The van der Waals surface area contributed by atoms with E-state index in [-0.39, 0.29) is 6.04 Å². The molecule has 0 aliphatic rings. The smallest absolute Gasteiger partial charge is 0.192 e. The van der Waals surface area contributed by atoms with Gasteiger partial charge in [-0.2, -0.15) is 0 Å². The molecule has 94 valence electrons. The lowest BCUT2D eigenvalue weighted by molar-refractivity contribution is 0.674. The van der Waals surface area contributed by atoms with Crippen molar-refractivity contribution >= 4 is 11.8 Å². The Labute approximate surface area is 111 Å². The molecule has 2 N–H and O–H groups in total. The van der Waals surface area contributed by atoms with Gasteiger partial charge in [0.25, 0.3) is 0 Å². The van der Waals surface area contributed by atoms with Crippen molar-refractivity contribution in [2.75, 3.05) is 0 Å². The summed E-state index contributed by atoms with van der Waals surface area (Å²) in [5.74, 6) is 0. The van der Waals surface area contributed by atoms with Crippen molar-refractivity contribution in [3.8, 4) is 0 Å². The van der Waals surface area contributed by atoms with E-state index in [9.17, 15) is 0 Å². The third kappa shape index (κ3) is 3.27. The molecule has 0 saturated heterocycles. The molecule has 18 heavy (non-hydrogen) atoms. The fourth-order valence-corrected chi connectivity index (χ4v) is 2.08. The van der Waals surface area contributed by atoms with Gasteiger partial charge in [-0.3, -0.25) is 4.98 Å². The third-order valence-corrected chi connectivity index (χ3v) is 3.42. The molecular weight excluding hydrogens is 244 g/mol. The maximum atomic E-state index is 5.92. The van der Waals surface area contributed by atoms with Crippen LogP contribution in [0, 0.1) is 6.92 Å². The van der Waals surface area contributed by atoms with Crippen LogP contribution in [0.25, 0.3) is 0 Å². The summed E-state index contributed by atoms with van der Waals surface area (Å²) in [5, 5.41) is 0.731. The molecule has 0 fully saturated rings. The summed E-state index contributed by atoms with van der Waals surface area (Å²) in [6.07, 6.45) is 6.33. The van der Waals surface area contributed by atoms with E-state index in [2.05, 4.69) is 21.9 Å². The lowest BCUT2D eigenvalue weighted by atomic mass is 10.1. The Morgan fingerprint density at radius 2 is 1.89 bits per heavy atom. The summed E-state index contributed by atoms with van der Waals surface area (Å²) in [4.78, 5) is 13.9. The minimum absolute atomic E-state index is 0.0136. The van der Waals surface area contributed by atoms with Crippen LogP contribution in [0.3, 0.4) is 0 Å². The summed E-state index contributed by atoms with van der Waals surface area (Å²) in [6, 6.07) is 3.98. The Kier molecular flexibility index (Phi) is 4.28. The molecule has 0 saturated carbocycles. The van der Waals surface area contributed by atoms with Gasteiger partial charge in [-0.15, -0.1) is 0 Å². The van der Waals surface area contributed by atoms with Crippen molar-refractivity contribution in [1.82, 2.24) is 15.0 Å². The number of nitrogens with two attached hydrogens (primary N) is 1. The summed E-state index contributed by atoms with van der Waals surface area (Å²) in [6.45, 7) is 4.02. The molecule has 2 aromatic rings. The summed E-state index contributed by atoms with van der Waals surface area (Å²) in [5.41, 5.74) is 7.90. The van der Waals surface area contributed by atoms with Crippen LogP contribution in [-0.4, -0.2) is 15.0 Å². The fraction of sp³-hybridized carbons (Fsp3) is 0.308. The van der Waals surface area contributed by atoms with Crippen molar-refractivity contribution in [2.45, 2.75) is 36.4 Å². The molecule has 0 bridgehead atoms. The van der Waals surface area contributed by atoms with Crippen LogP contribution >= 0.6 is 11.8 Å². The van der Waals surface area contributed by atoms with Gasteiger partial charge >= 0.3 is 0 Å². The van der Waals surface area contributed by atoms with Crippen LogP contribution in [0.5, 0.6) is 0 Å². The van der Waals surface area contributed by atoms with Gasteiger partial charge in [-0.1, -0.05) is 6.92 Å². The normalized spacial score (nSPS) is 12.4. The maximum Gasteiger partial charge on any atom is 0.192 e. The van der Waals surface area contributed by atoms with E-state index in [0.29, 0.717) is 0 Å². The number of hydrogen-bond acceptors (Lipinski definition) is 5. The number of hydrogen-bond donors (Lipinski definition) is 1. The van der Waals surface area contributed by atoms with Crippen LogP contribution < -0.4 is 5.73 Å². The molecule has 4 nitrogen and oxygen atoms in total. The van der Waals surface area contributed by atoms with Gasteiger partial charge < -0.3 is 5.73 Å². The van der Waals surface area contributed by atoms with Crippen LogP contribution in [0.2, 0.25) is 0 Å². The molecule has 5 heteroatoms. The third-order valence-electron chi connectivity index (χ3n) is 2.55. The minimum Gasteiger partial charge on any atom is -0.323 e. The molecule has 0 aromatic carbocycles. The molecule has 0 aliphatic carbocycles. The quantitative estimate of drug-likeness (QED) is 0.856. The van der Waals surface area contributed by atoms with Crippen LogP contribution in [0.15, 0.2) is 40.8 Å². The summed E-state index contributed by atoms with van der Waals surface area (Å²) in [7, 11) is 0. The van der Waals surface area contributed by atoms with Crippen molar-refractivity contribution in [1.29, 1.82) is 0 Å². The highest BCUT2D eigenvalue weighted by molar-refractivity contribution is 7.99. The highest BCUT2D eigenvalue weighted by Crippen LogP contribution is 2.24. The topological polar surface area (TPSA) is 64.7 Å². The number of aromatic nitrogens is 3. The lowest BCUT2D eigenvalue weighted by Crippen LogP contribution is -2.10. The zero-order valence-electron chi connectivity index (χ0n) is 10.5. The standard InChI is InChI=1S/C13H16N4S/c1-3-11(14)12-5-4-10(8-15-12)18-13-16-6-9(2)7-17-13/h4-8,11H,3,14H2,1-2H3. The van der Waals surface area contributed by atoms with Gasteiger partial charge in [0.15, 0.2) is 5.16 Å². The average molecular weight is 260 g/mol. The molecule has 0 radical (unpaired) electrons. The van der Waals surface area contributed by atoms with E-state index < -0.39 is 0 Å². The highest BCUT2D eigenvalue weighted by atomic mass is 32.2. The van der Waals surface area contributed by atoms with E-state index in [1.54, 1.807) is 0 Å². The number of aryl methyl sites for hydroxylation is 1. The number of pyridine rings is 1. The first kappa shape index (κ1) is 13.0. The van der Waals surface area contributed by atoms with Crippen molar-refractivity contribution in [2.24, 2.45) is 5.73 Å². The second-order valence-corrected chi connectivity index (χ2v) is 5.12. The molecule has 0 amide bonds. The Balaban J connectivity index is 2.08. The summed E-state index contributed by atoms with van der Waals surface area (Å²) >= 11 is 1.50. The Bertz CT molecular complexity index is 495. The number of nitrogens with zero attached hydrogens (tertiary/aromatic N) is 3. The molecule has 0 spiro atoms. The van der Waals surface area contributed by atoms with E-state index in [4.69, 9.17) is 5.73 Å². The van der Waals surface area contributed by atoms with E-state index in [0.717, 1.165) is 27.7 Å². The van der Waals surface area contributed by atoms with Gasteiger partial charge in [-0.05, 0) is 42.8 Å². The van der Waals surface area contributed by atoms with Gasteiger partial charge in [0.2, 0.25) is 0 Å². The zero-order chi connectivity index (χ0) is 13.0. The van der Waals surface area contributed by atoms with Gasteiger partial charge in [0, 0.05) is 29.5 Å². The molecule has 1 unspecified atom stereocenters. The Morgan fingerprint density at radius 3 is 2.44 bits per heavy atom. The molecule has 2 heterocycles. The van der Waals surface area contributed by atoms with Crippen molar-refractivity contribution < 1.29 is 0 Å². The molecule has 2 rings (SSSR count). The minimum atomic E-state index is 0.0136. The van der Waals surface area contributed by atoms with Gasteiger partial charge in [0.1, 0.15) is 0 Å². The average Bonchev–Trinajstić information content (AvgIpc) is 2.41. The fourth-order valence-electron chi connectivity index (χ4n) is 1.42. The highest BCUT2D eigenvalue weighted by Gasteiger charge is 2.05. The first-order valence-corrected chi connectivity index (χ1v) is 6.68. The van der Waals surface area contributed by atoms with Crippen molar-refractivity contribution in [3.63, 3.8) is 0 Å².